The summed E-state index contributed by atoms with van der Waals surface area (Å²) in [5.41, 5.74) is 1.26. The molecule has 10 heteroatoms. The van der Waals surface area contributed by atoms with Crippen LogP contribution in [0.5, 0.6) is 11.5 Å². The number of ether oxygens (including phenoxy) is 3. The van der Waals surface area contributed by atoms with E-state index in [0.29, 0.717) is 29.9 Å². The first kappa shape index (κ1) is 27.7. The molecule has 8 nitrogen and oxygen atoms in total. The number of allylic oxidation sites excluding steroid dienone is 1. The molecule has 0 unspecified atom stereocenters. The van der Waals surface area contributed by atoms with Gasteiger partial charge in [0.2, 0.25) is 0 Å². The zero-order chi connectivity index (χ0) is 23.8. The van der Waals surface area contributed by atoms with Crippen LogP contribution in [0.3, 0.4) is 0 Å². The molecule has 0 atom stereocenters. The molecule has 0 saturated carbocycles. The number of carbonyl (C=O) groups excluding carboxylic acids is 2. The van der Waals surface area contributed by atoms with Crippen LogP contribution in [0.2, 0.25) is 0 Å². The van der Waals surface area contributed by atoms with Gasteiger partial charge in [-0.1, -0.05) is 0 Å². The number of methoxy groups -OCH3 is 2. The molecule has 2 aromatic rings. The number of anilines is 1. The van der Waals surface area contributed by atoms with E-state index in [1.165, 1.54) is 0 Å². The second-order valence-corrected chi connectivity index (χ2v) is 8.56. The monoisotopic (exact) mass is 492 g/mol. The van der Waals surface area contributed by atoms with Crippen LogP contribution in [0.4, 0.5) is 5.00 Å². The van der Waals surface area contributed by atoms with E-state index in [2.05, 4.69) is 11.0 Å². The number of carbonyl (C=O) groups is 2. The SMILES string of the molecule is COc1ccc(/C(C#N)=C/c2ccc(N3CCC(OC(=O)CCC(=O)[O-])CC3)s2)cc1OC.[Na+]. The van der Waals surface area contributed by atoms with Gasteiger partial charge in [0.25, 0.3) is 0 Å². The molecular formula is C24H25N2NaO6S. The summed E-state index contributed by atoms with van der Waals surface area (Å²) in [6.45, 7) is 1.45. The first-order chi connectivity index (χ1) is 15.9. The van der Waals surface area contributed by atoms with E-state index in [4.69, 9.17) is 14.2 Å². The van der Waals surface area contributed by atoms with Gasteiger partial charge in [0.1, 0.15) is 6.10 Å². The van der Waals surface area contributed by atoms with Gasteiger partial charge in [-0.2, -0.15) is 5.26 Å². The maximum Gasteiger partial charge on any atom is 1.00 e. The molecule has 1 fully saturated rings. The number of carboxylic acid groups (broad SMARTS) is 1. The van der Waals surface area contributed by atoms with Gasteiger partial charge in [0.05, 0.1) is 37.3 Å². The van der Waals surface area contributed by atoms with Gasteiger partial charge in [0, 0.05) is 36.8 Å². The third-order valence-corrected chi connectivity index (χ3v) is 6.39. The summed E-state index contributed by atoms with van der Waals surface area (Å²) in [6.07, 6.45) is 2.51. The minimum absolute atomic E-state index is 0. The fourth-order valence-corrected chi connectivity index (χ4v) is 4.56. The number of rotatable bonds is 9. The molecule has 0 bridgehead atoms. The van der Waals surface area contributed by atoms with Crippen LogP contribution in [-0.2, 0) is 14.3 Å². The zero-order valence-corrected chi connectivity index (χ0v) is 22.4. The summed E-state index contributed by atoms with van der Waals surface area (Å²) >= 11 is 1.58. The number of nitriles is 1. The standard InChI is InChI=1S/C24H26N2O6S.Na/c1-30-20-5-3-16(14-21(20)31-2)17(15-25)13-19-4-6-22(33-19)26-11-9-18(10-12-26)32-24(29)8-7-23(27)28;/h3-6,13-14,18H,7-12H2,1-2H3,(H,27,28);/q;+1/p-1/b17-13+;. The summed E-state index contributed by atoms with van der Waals surface area (Å²) in [5.74, 6) is -0.591. The quantitative estimate of drug-likeness (QED) is 0.271. The molecule has 34 heavy (non-hydrogen) atoms. The van der Waals surface area contributed by atoms with E-state index in [0.717, 1.165) is 28.5 Å². The average Bonchev–Trinajstić information content (AvgIpc) is 3.30. The average molecular weight is 493 g/mol. The van der Waals surface area contributed by atoms with Gasteiger partial charge in [-0.05, 0) is 48.4 Å². The zero-order valence-electron chi connectivity index (χ0n) is 19.5. The van der Waals surface area contributed by atoms with Crippen LogP contribution in [0.1, 0.15) is 36.1 Å². The van der Waals surface area contributed by atoms with Crippen molar-refractivity contribution in [3.8, 4) is 17.6 Å². The molecule has 0 aliphatic carbocycles. The number of carboxylic acids is 1. The van der Waals surface area contributed by atoms with Crippen LogP contribution in [-0.4, -0.2) is 45.4 Å². The topological polar surface area (TPSA) is 112 Å². The van der Waals surface area contributed by atoms with Gasteiger partial charge in [-0.3, -0.25) is 4.79 Å². The molecule has 1 aliphatic rings. The van der Waals surface area contributed by atoms with Crippen molar-refractivity contribution in [2.24, 2.45) is 0 Å². The molecule has 174 valence electrons. The van der Waals surface area contributed by atoms with E-state index in [1.54, 1.807) is 37.7 Å². The molecule has 1 aromatic heterocycles. The van der Waals surface area contributed by atoms with Gasteiger partial charge >= 0.3 is 35.5 Å². The number of piperidine rings is 1. The van der Waals surface area contributed by atoms with Crippen LogP contribution >= 0.6 is 11.3 Å². The molecule has 2 heterocycles. The third kappa shape index (κ3) is 7.50. The molecule has 1 aliphatic heterocycles. The molecule has 0 spiro atoms. The van der Waals surface area contributed by atoms with E-state index < -0.39 is 11.9 Å². The number of hydrogen-bond donors (Lipinski definition) is 0. The van der Waals surface area contributed by atoms with Crippen molar-refractivity contribution in [1.29, 1.82) is 5.26 Å². The fourth-order valence-electron chi connectivity index (χ4n) is 3.56. The van der Waals surface area contributed by atoms with Crippen molar-refractivity contribution < 1.29 is 58.5 Å². The molecule has 3 rings (SSSR count). The summed E-state index contributed by atoms with van der Waals surface area (Å²) in [6, 6.07) is 11.6. The Balaban J connectivity index is 0.00000408. The van der Waals surface area contributed by atoms with E-state index in [-0.39, 0.29) is 48.5 Å². The second-order valence-electron chi connectivity index (χ2n) is 7.46. The Kier molecular flexibility index (Phi) is 10.9. The van der Waals surface area contributed by atoms with Crippen LogP contribution in [0.15, 0.2) is 30.3 Å². The Morgan fingerprint density at radius 2 is 1.85 bits per heavy atom. The van der Waals surface area contributed by atoms with Gasteiger partial charge < -0.3 is 29.0 Å². The van der Waals surface area contributed by atoms with Crippen molar-refractivity contribution >= 4 is 39.9 Å². The largest absolute Gasteiger partial charge is 1.00 e. The summed E-state index contributed by atoms with van der Waals surface area (Å²) < 4.78 is 16.0. The molecule has 1 aromatic carbocycles. The molecule has 0 radical (unpaired) electrons. The second kappa shape index (κ2) is 13.4. The molecule has 1 saturated heterocycles. The van der Waals surface area contributed by atoms with E-state index >= 15 is 0 Å². The molecular weight excluding hydrogens is 467 g/mol. The number of aliphatic carboxylic acids is 1. The van der Waals surface area contributed by atoms with Gasteiger partial charge in [-0.15, -0.1) is 11.3 Å². The molecule has 0 amide bonds. The minimum atomic E-state index is -1.25. The maximum absolute atomic E-state index is 11.7. The minimum Gasteiger partial charge on any atom is -0.550 e. The Bertz CT molecular complexity index is 1070. The Morgan fingerprint density at radius 1 is 1.15 bits per heavy atom. The Labute approximate surface area is 225 Å². The number of thiophene rings is 1. The van der Waals surface area contributed by atoms with Crippen molar-refractivity contribution in [2.45, 2.75) is 31.8 Å². The van der Waals surface area contributed by atoms with E-state index in [1.807, 2.05) is 24.3 Å². The number of nitrogens with zero attached hydrogens (tertiary/aromatic N) is 2. The molecule has 0 N–H and O–H groups in total. The number of hydrogen-bond acceptors (Lipinski definition) is 9. The van der Waals surface area contributed by atoms with Crippen LogP contribution in [0, 0.1) is 11.3 Å². The van der Waals surface area contributed by atoms with Crippen molar-refractivity contribution in [1.82, 2.24) is 0 Å². The summed E-state index contributed by atoms with van der Waals surface area (Å²) in [4.78, 5) is 25.4. The van der Waals surface area contributed by atoms with Crippen LogP contribution < -0.4 is 49.0 Å². The third-order valence-electron chi connectivity index (χ3n) is 5.30. The van der Waals surface area contributed by atoms with Gasteiger partial charge in [-0.25, -0.2) is 0 Å². The first-order valence-electron chi connectivity index (χ1n) is 10.5. The first-order valence-corrected chi connectivity index (χ1v) is 11.3. The number of esters is 1. The maximum atomic E-state index is 11.7. The Morgan fingerprint density at radius 3 is 2.47 bits per heavy atom. The van der Waals surface area contributed by atoms with Crippen molar-refractivity contribution in [2.75, 3.05) is 32.2 Å². The summed E-state index contributed by atoms with van der Waals surface area (Å²) in [7, 11) is 3.12. The van der Waals surface area contributed by atoms with Crippen molar-refractivity contribution in [3.05, 3.63) is 40.8 Å². The van der Waals surface area contributed by atoms with Crippen LogP contribution in [0.25, 0.3) is 11.6 Å². The fraction of sp³-hybridized carbons (Fsp3) is 0.375. The summed E-state index contributed by atoms with van der Waals surface area (Å²) in [5, 5.41) is 21.2. The normalized spacial score (nSPS) is 14.0. The predicted molar refractivity (Wildman–Crippen MR) is 123 cm³/mol. The van der Waals surface area contributed by atoms with E-state index in [9.17, 15) is 20.0 Å². The predicted octanol–water partition coefficient (Wildman–Crippen LogP) is -0.124. The Hall–Kier alpha value is -2.51. The van der Waals surface area contributed by atoms with Crippen molar-refractivity contribution in [3.63, 3.8) is 0 Å². The van der Waals surface area contributed by atoms with Gasteiger partial charge in [0.15, 0.2) is 11.5 Å². The number of benzene rings is 1. The smallest absolute Gasteiger partial charge is 0.550 e.